The van der Waals surface area contributed by atoms with Crippen LogP contribution in [-0.2, 0) is 6.54 Å². The van der Waals surface area contributed by atoms with Gasteiger partial charge in [0.1, 0.15) is 12.1 Å². The first-order valence-electron chi connectivity index (χ1n) is 8.29. The number of carbonyl (C=O) groups is 1. The molecule has 2 aromatic heterocycles. The number of pyridine rings is 1. The van der Waals surface area contributed by atoms with Crippen molar-refractivity contribution in [3.8, 4) is 11.6 Å². The molecule has 0 fully saturated rings. The fourth-order valence-electron chi connectivity index (χ4n) is 2.59. The Hall–Kier alpha value is -3.28. The largest absolute Gasteiger partial charge is 0.438 e. The predicted octanol–water partition coefficient (Wildman–Crippen LogP) is 3.52. The van der Waals surface area contributed by atoms with Crippen LogP contribution in [0.5, 0.6) is 11.6 Å². The maximum absolute atomic E-state index is 12.4. The second-order valence-electron chi connectivity index (χ2n) is 6.00. The van der Waals surface area contributed by atoms with Crippen molar-refractivity contribution in [1.29, 1.82) is 0 Å². The minimum absolute atomic E-state index is 0.232. The number of hydrogen-bond donors (Lipinski definition) is 1. The normalized spacial score (nSPS) is 10.4. The fraction of sp³-hybridized carbons (Fsp3) is 0.200. The molecule has 0 spiro atoms. The average molecular weight is 348 g/mol. The van der Waals surface area contributed by atoms with Gasteiger partial charge in [0.05, 0.1) is 11.3 Å². The Bertz CT molecular complexity index is 920. The van der Waals surface area contributed by atoms with Gasteiger partial charge in [0.15, 0.2) is 0 Å². The molecule has 1 amide bonds. The lowest BCUT2D eigenvalue weighted by Gasteiger charge is -2.14. The lowest BCUT2D eigenvalue weighted by molar-refractivity contribution is 0.0949. The first-order chi connectivity index (χ1) is 12.6. The Morgan fingerprint density at radius 2 is 1.85 bits per heavy atom. The average Bonchev–Trinajstić information content (AvgIpc) is 2.64. The fourth-order valence-corrected chi connectivity index (χ4v) is 2.59. The lowest BCUT2D eigenvalue weighted by atomic mass is 10.1. The van der Waals surface area contributed by atoms with E-state index >= 15 is 0 Å². The van der Waals surface area contributed by atoms with Gasteiger partial charge in [0, 0.05) is 24.5 Å². The molecule has 2 heterocycles. The van der Waals surface area contributed by atoms with Gasteiger partial charge in [-0.1, -0.05) is 24.3 Å². The minimum Gasteiger partial charge on any atom is -0.438 e. The summed E-state index contributed by atoms with van der Waals surface area (Å²) >= 11 is 0. The summed E-state index contributed by atoms with van der Waals surface area (Å²) in [5.74, 6) is 1.03. The number of aryl methyl sites for hydroxylation is 3. The Labute approximate surface area is 152 Å². The molecule has 26 heavy (non-hydrogen) atoms. The maximum atomic E-state index is 12.4. The Kier molecular flexibility index (Phi) is 5.22. The van der Waals surface area contributed by atoms with Crippen molar-refractivity contribution < 1.29 is 9.53 Å². The van der Waals surface area contributed by atoms with Crippen LogP contribution in [0.4, 0.5) is 0 Å². The van der Waals surface area contributed by atoms with Gasteiger partial charge < -0.3 is 10.1 Å². The molecule has 0 atom stereocenters. The monoisotopic (exact) mass is 348 g/mol. The molecule has 0 bridgehead atoms. The van der Waals surface area contributed by atoms with Crippen molar-refractivity contribution in [2.45, 2.75) is 27.3 Å². The highest BCUT2D eigenvalue weighted by Crippen LogP contribution is 2.29. The molecule has 132 valence electrons. The Morgan fingerprint density at radius 1 is 1.08 bits per heavy atom. The summed E-state index contributed by atoms with van der Waals surface area (Å²) < 4.78 is 6.05. The van der Waals surface area contributed by atoms with E-state index in [1.807, 2.05) is 44.2 Å². The third-order valence-electron chi connectivity index (χ3n) is 4.05. The van der Waals surface area contributed by atoms with Crippen LogP contribution < -0.4 is 10.1 Å². The quantitative estimate of drug-likeness (QED) is 0.763. The number of para-hydroxylation sites is 1. The number of amides is 1. The van der Waals surface area contributed by atoms with Gasteiger partial charge in [-0.25, -0.2) is 15.0 Å². The lowest BCUT2D eigenvalue weighted by Crippen LogP contribution is -2.24. The maximum Gasteiger partial charge on any atom is 0.254 e. The van der Waals surface area contributed by atoms with Crippen molar-refractivity contribution >= 4 is 5.91 Å². The minimum atomic E-state index is -0.232. The summed E-state index contributed by atoms with van der Waals surface area (Å²) in [6.07, 6.45) is 4.60. The Morgan fingerprint density at radius 3 is 2.58 bits per heavy atom. The molecule has 3 rings (SSSR count). The number of benzene rings is 1. The van der Waals surface area contributed by atoms with E-state index in [1.54, 1.807) is 13.1 Å². The van der Waals surface area contributed by atoms with Crippen LogP contribution in [0.3, 0.4) is 0 Å². The van der Waals surface area contributed by atoms with Crippen molar-refractivity contribution in [3.63, 3.8) is 0 Å². The molecule has 0 aliphatic carbocycles. The van der Waals surface area contributed by atoms with Crippen LogP contribution in [0.1, 0.15) is 32.7 Å². The smallest absolute Gasteiger partial charge is 0.254 e. The number of aromatic nitrogens is 3. The molecule has 6 heteroatoms. The van der Waals surface area contributed by atoms with Crippen molar-refractivity contribution in [2.75, 3.05) is 0 Å². The van der Waals surface area contributed by atoms with E-state index in [2.05, 4.69) is 20.3 Å². The second kappa shape index (κ2) is 7.74. The standard InChI is InChI=1S/C20H20N4O2/c1-13-6-4-7-14(2)18(13)26-20-16(8-5-9-22-20)10-23-19(25)17-11-21-12-24-15(17)3/h4-9,11-12H,10H2,1-3H3,(H,23,25). The number of ether oxygens (including phenoxy) is 1. The van der Waals surface area contributed by atoms with Gasteiger partial charge in [0.2, 0.25) is 5.88 Å². The van der Waals surface area contributed by atoms with Crippen LogP contribution in [0.15, 0.2) is 49.1 Å². The zero-order valence-corrected chi connectivity index (χ0v) is 15.0. The SMILES string of the molecule is Cc1cccc(C)c1Oc1ncccc1CNC(=O)c1cncnc1C. The molecule has 0 aliphatic rings. The van der Waals surface area contributed by atoms with E-state index in [4.69, 9.17) is 4.74 Å². The molecule has 0 unspecified atom stereocenters. The predicted molar refractivity (Wildman–Crippen MR) is 98.2 cm³/mol. The van der Waals surface area contributed by atoms with Gasteiger partial charge in [-0.2, -0.15) is 0 Å². The van der Waals surface area contributed by atoms with Crippen LogP contribution in [-0.4, -0.2) is 20.9 Å². The summed E-state index contributed by atoms with van der Waals surface area (Å²) in [5, 5.41) is 2.87. The highest BCUT2D eigenvalue weighted by Gasteiger charge is 2.13. The zero-order valence-electron chi connectivity index (χ0n) is 15.0. The third kappa shape index (κ3) is 3.85. The molecule has 6 nitrogen and oxygen atoms in total. The van der Waals surface area contributed by atoms with E-state index in [-0.39, 0.29) is 5.91 Å². The summed E-state index contributed by atoms with van der Waals surface area (Å²) in [4.78, 5) is 24.6. The molecular formula is C20H20N4O2. The topological polar surface area (TPSA) is 77.0 Å². The van der Waals surface area contributed by atoms with Gasteiger partial charge in [-0.15, -0.1) is 0 Å². The third-order valence-corrected chi connectivity index (χ3v) is 4.05. The number of rotatable bonds is 5. The van der Waals surface area contributed by atoms with Crippen LogP contribution >= 0.6 is 0 Å². The van der Waals surface area contributed by atoms with Crippen molar-refractivity contribution in [3.05, 3.63) is 77.0 Å². The number of nitrogens with zero attached hydrogens (tertiary/aromatic N) is 3. The first-order valence-corrected chi connectivity index (χ1v) is 8.29. The molecule has 1 aromatic carbocycles. The summed E-state index contributed by atoms with van der Waals surface area (Å²) in [5.41, 5.74) is 3.94. The van der Waals surface area contributed by atoms with Gasteiger partial charge >= 0.3 is 0 Å². The van der Waals surface area contributed by atoms with E-state index < -0.39 is 0 Å². The Balaban J connectivity index is 1.78. The van der Waals surface area contributed by atoms with Gasteiger partial charge in [-0.3, -0.25) is 4.79 Å². The second-order valence-corrected chi connectivity index (χ2v) is 6.00. The van der Waals surface area contributed by atoms with Gasteiger partial charge in [0.25, 0.3) is 5.91 Å². The summed E-state index contributed by atoms with van der Waals surface area (Å²) in [6, 6.07) is 9.66. The molecular weight excluding hydrogens is 328 g/mol. The van der Waals surface area contributed by atoms with Crippen molar-refractivity contribution in [2.24, 2.45) is 0 Å². The van der Waals surface area contributed by atoms with Crippen molar-refractivity contribution in [1.82, 2.24) is 20.3 Å². The van der Waals surface area contributed by atoms with Gasteiger partial charge in [-0.05, 0) is 38.0 Å². The molecule has 1 N–H and O–H groups in total. The summed E-state index contributed by atoms with van der Waals surface area (Å²) in [6.45, 7) is 6.05. The van der Waals surface area contributed by atoms with E-state index in [0.29, 0.717) is 23.7 Å². The molecule has 0 saturated heterocycles. The van der Waals surface area contributed by atoms with Crippen LogP contribution in [0, 0.1) is 20.8 Å². The molecule has 0 radical (unpaired) electrons. The first kappa shape index (κ1) is 17.5. The highest BCUT2D eigenvalue weighted by atomic mass is 16.5. The van der Waals surface area contributed by atoms with E-state index in [9.17, 15) is 4.79 Å². The number of carbonyl (C=O) groups excluding carboxylic acids is 1. The molecule has 0 saturated carbocycles. The molecule has 0 aliphatic heterocycles. The van der Waals surface area contributed by atoms with E-state index in [0.717, 1.165) is 22.4 Å². The van der Waals surface area contributed by atoms with Crippen LogP contribution in [0.2, 0.25) is 0 Å². The number of nitrogens with one attached hydrogen (secondary N) is 1. The zero-order chi connectivity index (χ0) is 18.5. The van der Waals surface area contributed by atoms with E-state index in [1.165, 1.54) is 12.5 Å². The van der Waals surface area contributed by atoms with Crippen LogP contribution in [0.25, 0.3) is 0 Å². The summed E-state index contributed by atoms with van der Waals surface area (Å²) in [7, 11) is 0. The molecule has 3 aromatic rings. The highest BCUT2D eigenvalue weighted by molar-refractivity contribution is 5.94. The number of hydrogen-bond acceptors (Lipinski definition) is 5.